The van der Waals surface area contributed by atoms with E-state index in [0.717, 1.165) is 19.4 Å². The zero-order chi connectivity index (χ0) is 16.5. The minimum absolute atomic E-state index is 0.0194. The van der Waals surface area contributed by atoms with Crippen LogP contribution in [0.2, 0.25) is 0 Å². The van der Waals surface area contributed by atoms with Crippen molar-refractivity contribution in [3.8, 4) is 12.1 Å². The lowest BCUT2D eigenvalue weighted by Crippen LogP contribution is -2.47. The number of amides is 2. The molecule has 22 heavy (non-hydrogen) atoms. The molecule has 0 aromatic heterocycles. The number of carbonyl (C=O) groups excluding carboxylic acids is 2. The van der Waals surface area contributed by atoms with Crippen molar-refractivity contribution < 1.29 is 9.59 Å². The Morgan fingerprint density at radius 2 is 1.77 bits per heavy atom. The van der Waals surface area contributed by atoms with Crippen LogP contribution in [0.3, 0.4) is 0 Å². The third-order valence-electron chi connectivity index (χ3n) is 3.77. The number of likely N-dealkylation sites (tertiary alicyclic amines) is 1. The van der Waals surface area contributed by atoms with Crippen LogP contribution in [0.1, 0.15) is 25.7 Å². The number of likely N-dealkylation sites (N-methyl/N-ethyl adjacent to an activating group) is 1. The summed E-state index contributed by atoms with van der Waals surface area (Å²) in [6, 6.07) is 3.78. The molecule has 1 aliphatic rings. The van der Waals surface area contributed by atoms with Gasteiger partial charge in [0.1, 0.15) is 0 Å². The van der Waals surface area contributed by atoms with Crippen LogP contribution in [0, 0.1) is 22.7 Å². The predicted molar refractivity (Wildman–Crippen MR) is 80.3 cm³/mol. The average Bonchev–Trinajstić information content (AvgIpc) is 2.94. The third kappa shape index (κ3) is 5.01. The van der Waals surface area contributed by atoms with Crippen molar-refractivity contribution in [2.45, 2.75) is 31.7 Å². The summed E-state index contributed by atoms with van der Waals surface area (Å²) in [4.78, 5) is 29.5. The molecule has 1 aliphatic heterocycles. The monoisotopic (exact) mass is 305 g/mol. The van der Waals surface area contributed by atoms with Gasteiger partial charge in [0.2, 0.25) is 11.8 Å². The molecule has 7 nitrogen and oxygen atoms in total. The van der Waals surface area contributed by atoms with Gasteiger partial charge in [0, 0.05) is 27.2 Å². The van der Waals surface area contributed by atoms with Crippen LogP contribution in [0.25, 0.3) is 0 Å². The first kappa shape index (κ1) is 17.9. The van der Waals surface area contributed by atoms with Crippen molar-refractivity contribution in [2.75, 3.05) is 40.3 Å². The SMILES string of the molecule is CN(C)C(=O)C1CCCN1CC(=O)N(CCC#N)CCC#N. The maximum Gasteiger partial charge on any atom is 0.239 e. The number of rotatable bonds is 7. The normalized spacial score (nSPS) is 17.5. The largest absolute Gasteiger partial charge is 0.347 e. The molecular formula is C15H23N5O2. The molecule has 0 spiro atoms. The van der Waals surface area contributed by atoms with Gasteiger partial charge in [-0.3, -0.25) is 14.5 Å². The lowest BCUT2D eigenvalue weighted by molar-refractivity contribution is -0.136. The van der Waals surface area contributed by atoms with Gasteiger partial charge >= 0.3 is 0 Å². The van der Waals surface area contributed by atoms with E-state index in [0.29, 0.717) is 13.1 Å². The molecule has 0 bridgehead atoms. The van der Waals surface area contributed by atoms with Gasteiger partial charge in [-0.25, -0.2) is 0 Å². The Hall–Kier alpha value is -2.12. The Labute approximate surface area is 131 Å². The summed E-state index contributed by atoms with van der Waals surface area (Å²) in [5.41, 5.74) is 0. The number of hydrogen-bond acceptors (Lipinski definition) is 5. The first-order chi connectivity index (χ1) is 10.5. The second kappa shape index (κ2) is 9.01. The number of nitrogens with zero attached hydrogens (tertiary/aromatic N) is 5. The maximum absolute atomic E-state index is 12.4. The Bertz CT molecular complexity index is 459. The van der Waals surface area contributed by atoms with E-state index in [2.05, 4.69) is 0 Å². The summed E-state index contributed by atoms with van der Waals surface area (Å²) < 4.78 is 0. The van der Waals surface area contributed by atoms with E-state index >= 15 is 0 Å². The highest BCUT2D eigenvalue weighted by Gasteiger charge is 2.33. The fourth-order valence-corrected chi connectivity index (χ4v) is 2.60. The molecule has 1 fully saturated rings. The third-order valence-corrected chi connectivity index (χ3v) is 3.77. The molecule has 0 N–H and O–H groups in total. The minimum atomic E-state index is -0.243. The van der Waals surface area contributed by atoms with E-state index in [4.69, 9.17) is 10.5 Å². The van der Waals surface area contributed by atoms with Crippen LogP contribution in [0.15, 0.2) is 0 Å². The summed E-state index contributed by atoms with van der Waals surface area (Å²) >= 11 is 0. The average molecular weight is 305 g/mol. The first-order valence-corrected chi connectivity index (χ1v) is 7.48. The van der Waals surface area contributed by atoms with Crippen molar-refractivity contribution in [1.29, 1.82) is 10.5 Å². The van der Waals surface area contributed by atoms with E-state index in [1.807, 2.05) is 17.0 Å². The highest BCUT2D eigenvalue weighted by Crippen LogP contribution is 2.18. The Morgan fingerprint density at radius 1 is 1.18 bits per heavy atom. The standard InChI is InChI=1S/C15H23N5O2/c1-18(2)15(22)13-6-3-9-20(13)12-14(21)19(10-4-7-16)11-5-8-17/h13H,3-6,9-12H2,1-2H3. The van der Waals surface area contributed by atoms with Crippen LogP contribution in [-0.4, -0.2) is 72.8 Å². The predicted octanol–water partition coefficient (Wildman–Crippen LogP) is 0.195. The number of hydrogen-bond donors (Lipinski definition) is 0. The minimum Gasteiger partial charge on any atom is -0.347 e. The Balaban J connectivity index is 2.65. The molecule has 0 saturated carbocycles. The lowest BCUT2D eigenvalue weighted by Gasteiger charge is -2.28. The van der Waals surface area contributed by atoms with Gasteiger partial charge < -0.3 is 9.80 Å². The summed E-state index contributed by atoms with van der Waals surface area (Å²) in [5, 5.41) is 17.3. The molecule has 0 aromatic carbocycles. The van der Waals surface area contributed by atoms with Gasteiger partial charge in [-0.1, -0.05) is 0 Å². The zero-order valence-corrected chi connectivity index (χ0v) is 13.3. The molecule has 0 aliphatic carbocycles. The fourth-order valence-electron chi connectivity index (χ4n) is 2.60. The summed E-state index contributed by atoms with van der Waals surface area (Å²) in [6.45, 7) is 1.55. The molecule has 1 atom stereocenters. The van der Waals surface area contributed by atoms with Crippen molar-refractivity contribution in [3.05, 3.63) is 0 Å². The lowest BCUT2D eigenvalue weighted by atomic mass is 10.2. The van der Waals surface area contributed by atoms with Crippen LogP contribution in [0.5, 0.6) is 0 Å². The quantitative estimate of drug-likeness (QED) is 0.670. The van der Waals surface area contributed by atoms with Gasteiger partial charge in [0.05, 0.1) is 37.6 Å². The molecule has 7 heteroatoms. The van der Waals surface area contributed by atoms with Crippen molar-refractivity contribution >= 4 is 11.8 Å². The van der Waals surface area contributed by atoms with Crippen LogP contribution in [-0.2, 0) is 9.59 Å². The van der Waals surface area contributed by atoms with Crippen LogP contribution in [0.4, 0.5) is 0 Å². The maximum atomic E-state index is 12.4. The van der Waals surface area contributed by atoms with Gasteiger partial charge in [-0.2, -0.15) is 10.5 Å². The molecule has 1 rings (SSSR count). The van der Waals surface area contributed by atoms with Crippen LogP contribution >= 0.6 is 0 Å². The summed E-state index contributed by atoms with van der Waals surface area (Å²) in [6.07, 6.45) is 2.16. The van der Waals surface area contributed by atoms with Crippen molar-refractivity contribution in [2.24, 2.45) is 0 Å². The second-order valence-corrected chi connectivity index (χ2v) is 5.56. The second-order valence-electron chi connectivity index (χ2n) is 5.56. The molecule has 1 saturated heterocycles. The van der Waals surface area contributed by atoms with Crippen LogP contribution < -0.4 is 0 Å². The fraction of sp³-hybridized carbons (Fsp3) is 0.733. The topological polar surface area (TPSA) is 91.4 Å². The molecule has 2 amide bonds. The molecule has 1 unspecified atom stereocenters. The van der Waals surface area contributed by atoms with Gasteiger partial charge in [0.25, 0.3) is 0 Å². The molecule has 1 heterocycles. The van der Waals surface area contributed by atoms with E-state index in [1.54, 1.807) is 23.9 Å². The zero-order valence-electron chi connectivity index (χ0n) is 13.3. The summed E-state index contributed by atoms with van der Waals surface area (Å²) in [5.74, 6) is -0.102. The first-order valence-electron chi connectivity index (χ1n) is 7.48. The Morgan fingerprint density at radius 3 is 2.27 bits per heavy atom. The smallest absolute Gasteiger partial charge is 0.239 e. The molecular weight excluding hydrogens is 282 g/mol. The van der Waals surface area contributed by atoms with Gasteiger partial charge in [0.15, 0.2) is 0 Å². The summed E-state index contributed by atoms with van der Waals surface area (Å²) in [7, 11) is 3.43. The van der Waals surface area contributed by atoms with Crippen molar-refractivity contribution in [1.82, 2.24) is 14.7 Å². The van der Waals surface area contributed by atoms with Gasteiger partial charge in [-0.05, 0) is 19.4 Å². The van der Waals surface area contributed by atoms with Crippen molar-refractivity contribution in [3.63, 3.8) is 0 Å². The van der Waals surface area contributed by atoms with E-state index < -0.39 is 0 Å². The van der Waals surface area contributed by atoms with E-state index in [9.17, 15) is 9.59 Å². The van der Waals surface area contributed by atoms with E-state index in [-0.39, 0.29) is 37.2 Å². The molecule has 0 radical (unpaired) electrons. The van der Waals surface area contributed by atoms with Gasteiger partial charge in [-0.15, -0.1) is 0 Å². The number of nitriles is 2. The highest BCUT2D eigenvalue weighted by molar-refractivity contribution is 5.83. The highest BCUT2D eigenvalue weighted by atomic mass is 16.2. The Kier molecular flexibility index (Phi) is 7.34. The number of carbonyl (C=O) groups is 2. The molecule has 120 valence electrons. The van der Waals surface area contributed by atoms with E-state index in [1.165, 1.54) is 0 Å². The molecule has 0 aromatic rings.